The predicted molar refractivity (Wildman–Crippen MR) is 81.2 cm³/mol. The van der Waals surface area contributed by atoms with E-state index in [1.54, 1.807) is 6.07 Å². The van der Waals surface area contributed by atoms with Crippen molar-refractivity contribution in [2.75, 3.05) is 23.7 Å². The first-order valence-corrected chi connectivity index (χ1v) is 7.28. The number of halogens is 1. The molecule has 2 rings (SSSR count). The fourth-order valence-electron chi connectivity index (χ4n) is 2.22. The van der Waals surface area contributed by atoms with Crippen LogP contribution < -0.4 is 10.6 Å². The zero-order valence-electron chi connectivity index (χ0n) is 10.7. The number of benzene rings is 1. The first kappa shape index (κ1) is 13.6. The minimum atomic E-state index is 0.0727. The maximum Gasteiger partial charge on any atom is 0.124 e. The minimum absolute atomic E-state index is 0.0727. The van der Waals surface area contributed by atoms with E-state index in [4.69, 9.17) is 22.7 Å². The topological polar surface area (TPSA) is 53.1 Å². The molecule has 1 aliphatic heterocycles. The Labute approximate surface area is 117 Å². The molecule has 0 atom stereocenters. The van der Waals surface area contributed by atoms with Gasteiger partial charge in [0.15, 0.2) is 0 Å². The lowest BCUT2D eigenvalue weighted by Crippen LogP contribution is -2.43. The first-order chi connectivity index (χ1) is 8.39. The molecule has 1 aromatic carbocycles. The standard InChI is InChI=1S/C13H18ClN3S/c1-13(2)8-17(5-6-18-13)11-4-3-9(14)7-10(11)12(15)16/h3-4,7H,5-6,8H2,1-2H3,(H3,15,16). The van der Waals surface area contributed by atoms with Crippen LogP contribution in [-0.2, 0) is 0 Å². The van der Waals surface area contributed by atoms with Gasteiger partial charge in [0.05, 0.1) is 0 Å². The van der Waals surface area contributed by atoms with Gasteiger partial charge >= 0.3 is 0 Å². The maximum atomic E-state index is 7.68. The van der Waals surface area contributed by atoms with E-state index in [9.17, 15) is 0 Å². The smallest absolute Gasteiger partial charge is 0.124 e. The molecule has 3 nitrogen and oxygen atoms in total. The lowest BCUT2D eigenvalue weighted by atomic mass is 10.1. The van der Waals surface area contributed by atoms with Crippen LogP contribution in [0.3, 0.4) is 0 Å². The molecule has 0 radical (unpaired) electrons. The molecule has 0 amide bonds. The average molecular weight is 284 g/mol. The number of anilines is 1. The molecule has 5 heteroatoms. The molecule has 98 valence electrons. The van der Waals surface area contributed by atoms with E-state index in [1.165, 1.54) is 0 Å². The molecule has 3 N–H and O–H groups in total. The number of nitrogen functional groups attached to an aromatic ring is 1. The summed E-state index contributed by atoms with van der Waals surface area (Å²) in [7, 11) is 0. The Bertz CT molecular complexity index is 473. The molecule has 0 aliphatic carbocycles. The predicted octanol–water partition coefficient (Wildman–Crippen LogP) is 2.96. The van der Waals surface area contributed by atoms with E-state index in [1.807, 2.05) is 23.9 Å². The Morgan fingerprint density at radius 3 is 2.83 bits per heavy atom. The minimum Gasteiger partial charge on any atom is -0.384 e. The highest BCUT2D eigenvalue weighted by Gasteiger charge is 2.28. The molecule has 0 aromatic heterocycles. The van der Waals surface area contributed by atoms with Gasteiger partial charge in [0.2, 0.25) is 0 Å². The molecule has 0 bridgehead atoms. The lowest BCUT2D eigenvalue weighted by molar-refractivity contribution is 0.647. The van der Waals surface area contributed by atoms with Crippen molar-refractivity contribution in [2.24, 2.45) is 5.73 Å². The fraction of sp³-hybridized carbons (Fsp3) is 0.462. The second-order valence-electron chi connectivity index (χ2n) is 5.10. The largest absolute Gasteiger partial charge is 0.384 e. The number of nitrogens with one attached hydrogen (secondary N) is 1. The van der Waals surface area contributed by atoms with Crippen molar-refractivity contribution in [3.8, 4) is 0 Å². The SMILES string of the molecule is CC1(C)CN(c2ccc(Cl)cc2C(=N)N)CCS1. The molecule has 1 aromatic rings. The summed E-state index contributed by atoms with van der Waals surface area (Å²) in [6, 6.07) is 5.59. The van der Waals surface area contributed by atoms with Crippen LogP contribution in [0.5, 0.6) is 0 Å². The van der Waals surface area contributed by atoms with Crippen LogP contribution in [0.15, 0.2) is 18.2 Å². The molecule has 1 fully saturated rings. The van der Waals surface area contributed by atoms with Crippen LogP contribution in [0.1, 0.15) is 19.4 Å². The number of hydrogen-bond donors (Lipinski definition) is 2. The first-order valence-electron chi connectivity index (χ1n) is 5.92. The Kier molecular flexibility index (Phi) is 3.78. The molecule has 1 aliphatic rings. The molecular formula is C13H18ClN3S. The summed E-state index contributed by atoms with van der Waals surface area (Å²) in [4.78, 5) is 2.30. The molecule has 1 heterocycles. The van der Waals surface area contributed by atoms with Gasteiger partial charge < -0.3 is 10.6 Å². The van der Waals surface area contributed by atoms with Crippen molar-refractivity contribution in [1.29, 1.82) is 5.41 Å². The van der Waals surface area contributed by atoms with Crippen LogP contribution in [0.25, 0.3) is 0 Å². The summed E-state index contributed by atoms with van der Waals surface area (Å²) >= 11 is 7.96. The van der Waals surface area contributed by atoms with Crippen LogP contribution in [0.4, 0.5) is 5.69 Å². The Morgan fingerprint density at radius 2 is 2.22 bits per heavy atom. The summed E-state index contributed by atoms with van der Waals surface area (Å²) in [5, 5.41) is 8.30. The highest BCUT2D eigenvalue weighted by atomic mass is 35.5. The summed E-state index contributed by atoms with van der Waals surface area (Å²) in [5.74, 6) is 1.16. The van der Waals surface area contributed by atoms with Crippen LogP contribution in [0.2, 0.25) is 5.02 Å². The van der Waals surface area contributed by atoms with E-state index in [2.05, 4.69) is 18.7 Å². The van der Waals surface area contributed by atoms with Gasteiger partial charge in [-0.3, -0.25) is 5.41 Å². The third kappa shape index (κ3) is 2.93. The second-order valence-corrected chi connectivity index (χ2v) is 7.34. The number of nitrogens with zero attached hydrogens (tertiary/aromatic N) is 1. The van der Waals surface area contributed by atoms with Gasteiger partial charge in [-0.2, -0.15) is 11.8 Å². The molecule has 0 unspecified atom stereocenters. The molecule has 1 saturated heterocycles. The number of rotatable bonds is 2. The van der Waals surface area contributed by atoms with Crippen molar-refractivity contribution in [3.05, 3.63) is 28.8 Å². The van der Waals surface area contributed by atoms with Crippen LogP contribution in [0, 0.1) is 5.41 Å². The third-order valence-corrected chi connectivity index (χ3v) is 4.55. The van der Waals surface area contributed by atoms with Gasteiger partial charge in [0.25, 0.3) is 0 Å². The van der Waals surface area contributed by atoms with E-state index < -0.39 is 0 Å². The van der Waals surface area contributed by atoms with Crippen LogP contribution in [-0.4, -0.2) is 29.4 Å². The fourth-order valence-corrected chi connectivity index (χ4v) is 3.51. The van der Waals surface area contributed by atoms with Crippen molar-refractivity contribution in [3.63, 3.8) is 0 Å². The number of thioether (sulfide) groups is 1. The Balaban J connectivity index is 2.35. The normalized spacial score (nSPS) is 18.7. The zero-order chi connectivity index (χ0) is 13.3. The number of hydrogen-bond acceptors (Lipinski definition) is 3. The van der Waals surface area contributed by atoms with Gasteiger partial charge in [-0.05, 0) is 32.0 Å². The molecular weight excluding hydrogens is 266 g/mol. The van der Waals surface area contributed by atoms with Gasteiger partial charge in [0, 0.05) is 39.9 Å². The van der Waals surface area contributed by atoms with Gasteiger partial charge in [-0.25, -0.2) is 0 Å². The summed E-state index contributed by atoms with van der Waals surface area (Å²) < 4.78 is 0.228. The van der Waals surface area contributed by atoms with E-state index >= 15 is 0 Å². The van der Waals surface area contributed by atoms with Gasteiger partial charge in [0.1, 0.15) is 5.84 Å². The van der Waals surface area contributed by atoms with Crippen molar-refractivity contribution in [1.82, 2.24) is 0 Å². The Hall–Kier alpha value is -0.870. The quantitative estimate of drug-likeness (QED) is 0.648. The third-order valence-electron chi connectivity index (χ3n) is 3.02. The highest BCUT2D eigenvalue weighted by molar-refractivity contribution is 8.00. The van der Waals surface area contributed by atoms with Crippen molar-refractivity contribution >= 4 is 34.9 Å². The summed E-state index contributed by atoms with van der Waals surface area (Å²) in [6.07, 6.45) is 0. The van der Waals surface area contributed by atoms with E-state index in [-0.39, 0.29) is 10.6 Å². The maximum absolute atomic E-state index is 7.68. The van der Waals surface area contributed by atoms with Crippen molar-refractivity contribution in [2.45, 2.75) is 18.6 Å². The number of amidine groups is 1. The van der Waals surface area contributed by atoms with Crippen LogP contribution >= 0.6 is 23.4 Å². The Morgan fingerprint density at radius 1 is 1.50 bits per heavy atom. The summed E-state index contributed by atoms with van der Waals surface area (Å²) in [5.41, 5.74) is 7.39. The van der Waals surface area contributed by atoms with E-state index in [0.717, 1.165) is 30.1 Å². The average Bonchev–Trinajstić information content (AvgIpc) is 2.27. The lowest BCUT2D eigenvalue weighted by Gasteiger charge is -2.39. The molecule has 0 saturated carbocycles. The number of nitrogens with two attached hydrogens (primary N) is 1. The molecule has 0 spiro atoms. The van der Waals surface area contributed by atoms with Gasteiger partial charge in [-0.1, -0.05) is 11.6 Å². The van der Waals surface area contributed by atoms with Crippen molar-refractivity contribution < 1.29 is 0 Å². The molecule has 18 heavy (non-hydrogen) atoms. The van der Waals surface area contributed by atoms with E-state index in [0.29, 0.717) is 5.02 Å². The second kappa shape index (κ2) is 5.02. The zero-order valence-corrected chi connectivity index (χ0v) is 12.2. The monoisotopic (exact) mass is 283 g/mol. The highest BCUT2D eigenvalue weighted by Crippen LogP contribution is 2.34. The van der Waals surface area contributed by atoms with Gasteiger partial charge in [-0.15, -0.1) is 0 Å². The summed E-state index contributed by atoms with van der Waals surface area (Å²) in [6.45, 7) is 6.43.